The molecule has 2 aromatic carbocycles. The van der Waals surface area contributed by atoms with E-state index >= 15 is 0 Å². The standard InChI is InChI=1S/C22H20N2O6S/c1-26-15-7-5-6-12-8-16(30-19(12)15)14-11-31-22(23-14)24-21(25)13-9-17(27-2)20(29-4)18(10-13)28-3/h5-11H,1-4H3,(H,23,24,25). The second-order valence-corrected chi connectivity index (χ2v) is 7.25. The van der Waals surface area contributed by atoms with Gasteiger partial charge in [-0.1, -0.05) is 12.1 Å². The van der Waals surface area contributed by atoms with E-state index in [1.165, 1.54) is 32.7 Å². The first kappa shape index (κ1) is 20.5. The number of anilines is 1. The van der Waals surface area contributed by atoms with Crippen molar-refractivity contribution in [3.8, 4) is 34.5 Å². The fraction of sp³-hybridized carbons (Fsp3) is 0.182. The number of methoxy groups -OCH3 is 4. The molecule has 2 heterocycles. The van der Waals surface area contributed by atoms with Crippen molar-refractivity contribution >= 4 is 33.3 Å². The number of carbonyl (C=O) groups excluding carboxylic acids is 1. The summed E-state index contributed by atoms with van der Waals surface area (Å²) in [6.07, 6.45) is 0. The number of furan rings is 1. The maximum atomic E-state index is 12.8. The molecule has 4 aromatic rings. The zero-order valence-electron chi connectivity index (χ0n) is 17.3. The van der Waals surface area contributed by atoms with Crippen molar-refractivity contribution in [2.24, 2.45) is 0 Å². The summed E-state index contributed by atoms with van der Waals surface area (Å²) in [6, 6.07) is 10.7. The highest BCUT2D eigenvalue weighted by atomic mass is 32.1. The van der Waals surface area contributed by atoms with Crippen LogP contribution in [0.15, 0.2) is 46.2 Å². The Morgan fingerprint density at radius 1 is 0.968 bits per heavy atom. The maximum Gasteiger partial charge on any atom is 0.257 e. The first-order valence-electron chi connectivity index (χ1n) is 9.21. The average molecular weight is 440 g/mol. The van der Waals surface area contributed by atoms with Gasteiger partial charge in [0.25, 0.3) is 5.91 Å². The smallest absolute Gasteiger partial charge is 0.257 e. The van der Waals surface area contributed by atoms with Crippen LogP contribution in [0.4, 0.5) is 5.13 Å². The van der Waals surface area contributed by atoms with Crippen LogP contribution in [0.2, 0.25) is 0 Å². The summed E-state index contributed by atoms with van der Waals surface area (Å²) in [5.74, 6) is 2.08. The molecule has 160 valence electrons. The Morgan fingerprint density at radius 3 is 2.32 bits per heavy atom. The molecule has 0 aliphatic heterocycles. The van der Waals surface area contributed by atoms with Gasteiger partial charge in [-0.05, 0) is 24.3 Å². The minimum Gasteiger partial charge on any atom is -0.493 e. The molecular formula is C22H20N2O6S. The highest BCUT2D eigenvalue weighted by molar-refractivity contribution is 7.14. The van der Waals surface area contributed by atoms with Crippen LogP contribution in [0.3, 0.4) is 0 Å². The summed E-state index contributed by atoms with van der Waals surface area (Å²) in [4.78, 5) is 17.3. The molecule has 0 aliphatic rings. The van der Waals surface area contributed by atoms with Crippen molar-refractivity contribution in [2.45, 2.75) is 0 Å². The molecule has 0 spiro atoms. The fourth-order valence-electron chi connectivity index (χ4n) is 3.15. The molecular weight excluding hydrogens is 420 g/mol. The van der Waals surface area contributed by atoms with Gasteiger partial charge in [0.15, 0.2) is 33.7 Å². The molecule has 4 rings (SSSR count). The molecule has 0 radical (unpaired) electrons. The Hall–Kier alpha value is -3.72. The number of hydrogen-bond donors (Lipinski definition) is 1. The largest absolute Gasteiger partial charge is 0.493 e. The zero-order valence-corrected chi connectivity index (χ0v) is 18.2. The molecule has 0 unspecified atom stereocenters. The number of benzene rings is 2. The highest BCUT2D eigenvalue weighted by Gasteiger charge is 2.19. The third kappa shape index (κ3) is 3.87. The predicted octanol–water partition coefficient (Wildman–Crippen LogP) is 4.84. The molecule has 31 heavy (non-hydrogen) atoms. The first-order valence-corrected chi connectivity index (χ1v) is 10.1. The fourth-order valence-corrected chi connectivity index (χ4v) is 3.84. The third-order valence-corrected chi connectivity index (χ3v) is 5.39. The number of nitrogens with zero attached hydrogens (tertiary/aromatic N) is 1. The van der Waals surface area contributed by atoms with E-state index in [0.717, 1.165) is 5.39 Å². The molecule has 8 nitrogen and oxygen atoms in total. The van der Waals surface area contributed by atoms with E-state index in [2.05, 4.69) is 10.3 Å². The van der Waals surface area contributed by atoms with Crippen LogP contribution in [0.5, 0.6) is 23.0 Å². The minimum atomic E-state index is -0.355. The molecule has 2 aromatic heterocycles. The number of nitrogens with one attached hydrogen (secondary N) is 1. The van der Waals surface area contributed by atoms with Crippen molar-refractivity contribution in [1.29, 1.82) is 0 Å². The number of carbonyl (C=O) groups is 1. The van der Waals surface area contributed by atoms with E-state index in [9.17, 15) is 4.79 Å². The lowest BCUT2D eigenvalue weighted by molar-refractivity contribution is 0.102. The Labute approximate surface area is 182 Å². The van der Waals surface area contributed by atoms with Crippen LogP contribution in [-0.4, -0.2) is 39.3 Å². The van der Waals surface area contributed by atoms with Gasteiger partial charge in [-0.3, -0.25) is 10.1 Å². The Morgan fingerprint density at radius 2 is 1.68 bits per heavy atom. The summed E-state index contributed by atoms with van der Waals surface area (Å²) in [7, 11) is 6.09. The van der Waals surface area contributed by atoms with Crippen molar-refractivity contribution in [3.63, 3.8) is 0 Å². The van der Waals surface area contributed by atoms with Gasteiger partial charge in [0.05, 0.1) is 28.4 Å². The van der Waals surface area contributed by atoms with Crippen molar-refractivity contribution in [3.05, 3.63) is 47.3 Å². The van der Waals surface area contributed by atoms with Crippen molar-refractivity contribution in [2.75, 3.05) is 33.8 Å². The summed E-state index contributed by atoms with van der Waals surface area (Å²) in [5, 5.41) is 5.95. The number of aromatic nitrogens is 1. The number of ether oxygens (including phenoxy) is 4. The van der Waals surface area contributed by atoms with E-state index in [-0.39, 0.29) is 5.91 Å². The molecule has 0 aliphatic carbocycles. The van der Waals surface area contributed by atoms with Gasteiger partial charge in [0.1, 0.15) is 5.69 Å². The van der Waals surface area contributed by atoms with Gasteiger partial charge in [-0.15, -0.1) is 11.3 Å². The lowest BCUT2D eigenvalue weighted by Crippen LogP contribution is -2.12. The Kier molecular flexibility index (Phi) is 5.68. The van der Waals surface area contributed by atoms with Crippen LogP contribution in [0, 0.1) is 0 Å². The summed E-state index contributed by atoms with van der Waals surface area (Å²) >= 11 is 1.29. The lowest BCUT2D eigenvalue weighted by Gasteiger charge is -2.13. The van der Waals surface area contributed by atoms with Crippen LogP contribution < -0.4 is 24.3 Å². The van der Waals surface area contributed by atoms with Gasteiger partial charge in [0, 0.05) is 16.3 Å². The van der Waals surface area contributed by atoms with E-state index in [1.54, 1.807) is 19.2 Å². The van der Waals surface area contributed by atoms with Gasteiger partial charge in [0.2, 0.25) is 5.75 Å². The van der Waals surface area contributed by atoms with Crippen molar-refractivity contribution < 1.29 is 28.2 Å². The van der Waals surface area contributed by atoms with Gasteiger partial charge in [-0.2, -0.15) is 0 Å². The quantitative estimate of drug-likeness (QED) is 0.439. The number of thiazole rings is 1. The SMILES string of the molecule is COc1cc(C(=O)Nc2nc(-c3cc4cccc(OC)c4o3)cs2)cc(OC)c1OC. The summed E-state index contributed by atoms with van der Waals surface area (Å²) in [5.41, 5.74) is 1.61. The highest BCUT2D eigenvalue weighted by Crippen LogP contribution is 2.39. The number of para-hydroxylation sites is 1. The minimum absolute atomic E-state index is 0.347. The number of rotatable bonds is 7. The van der Waals surface area contributed by atoms with Gasteiger partial charge in [-0.25, -0.2) is 4.98 Å². The van der Waals surface area contributed by atoms with E-state index in [1.807, 2.05) is 29.6 Å². The Balaban J connectivity index is 1.59. The predicted molar refractivity (Wildman–Crippen MR) is 118 cm³/mol. The molecule has 1 N–H and O–H groups in total. The molecule has 9 heteroatoms. The molecule has 1 amide bonds. The average Bonchev–Trinajstić information content (AvgIpc) is 3.44. The third-order valence-electron chi connectivity index (χ3n) is 4.63. The second-order valence-electron chi connectivity index (χ2n) is 6.40. The van der Waals surface area contributed by atoms with E-state index in [0.29, 0.717) is 50.7 Å². The van der Waals surface area contributed by atoms with Gasteiger partial charge >= 0.3 is 0 Å². The van der Waals surface area contributed by atoms with Crippen molar-refractivity contribution in [1.82, 2.24) is 4.98 Å². The topological polar surface area (TPSA) is 92.1 Å². The summed E-state index contributed by atoms with van der Waals surface area (Å²) < 4.78 is 27.2. The Bertz CT molecular complexity index is 1220. The van der Waals surface area contributed by atoms with E-state index < -0.39 is 0 Å². The zero-order chi connectivity index (χ0) is 22.0. The molecule has 0 atom stereocenters. The maximum absolute atomic E-state index is 12.8. The number of amides is 1. The number of fused-ring (bicyclic) bond motifs is 1. The molecule has 0 saturated heterocycles. The second kappa shape index (κ2) is 8.57. The molecule has 0 fully saturated rings. The number of hydrogen-bond acceptors (Lipinski definition) is 8. The normalized spacial score (nSPS) is 10.7. The van der Waals surface area contributed by atoms with E-state index in [4.69, 9.17) is 23.4 Å². The van der Waals surface area contributed by atoms with Crippen LogP contribution in [0.1, 0.15) is 10.4 Å². The lowest BCUT2D eigenvalue weighted by atomic mass is 10.1. The molecule has 0 bridgehead atoms. The van der Waals surface area contributed by atoms with Crippen LogP contribution >= 0.6 is 11.3 Å². The van der Waals surface area contributed by atoms with Crippen LogP contribution in [0.25, 0.3) is 22.4 Å². The summed E-state index contributed by atoms with van der Waals surface area (Å²) in [6.45, 7) is 0. The molecule has 0 saturated carbocycles. The first-order chi connectivity index (χ1) is 15.1. The van der Waals surface area contributed by atoms with Gasteiger partial charge < -0.3 is 23.4 Å². The monoisotopic (exact) mass is 440 g/mol. The van der Waals surface area contributed by atoms with Crippen LogP contribution in [-0.2, 0) is 0 Å².